The van der Waals surface area contributed by atoms with Gasteiger partial charge < -0.3 is 10.1 Å². The van der Waals surface area contributed by atoms with E-state index in [1.807, 2.05) is 0 Å². The zero-order valence-corrected chi connectivity index (χ0v) is 13.4. The van der Waals surface area contributed by atoms with Crippen LogP contribution in [0.5, 0.6) is 5.75 Å². The second kappa shape index (κ2) is 5.35. The monoisotopic (exact) mass is 364 g/mol. The number of nitrogens with zero attached hydrogens (tertiary/aromatic N) is 1. The normalized spacial score (nSPS) is 28.8. The Labute approximate surface area is 136 Å². The van der Waals surface area contributed by atoms with E-state index in [0.717, 1.165) is 12.1 Å². The van der Waals surface area contributed by atoms with E-state index >= 15 is 0 Å². The number of amides is 1. The number of carbonyl (C=O) groups excluding carboxylic acids is 1. The van der Waals surface area contributed by atoms with E-state index in [0.29, 0.717) is 13.0 Å². The maximum atomic E-state index is 12.5. The highest BCUT2D eigenvalue weighted by Gasteiger charge is 2.71. The van der Waals surface area contributed by atoms with Crippen molar-refractivity contribution in [2.24, 2.45) is 5.92 Å². The molecule has 0 bridgehead atoms. The van der Waals surface area contributed by atoms with Gasteiger partial charge in [0.05, 0.1) is 0 Å². The van der Waals surface area contributed by atoms with Crippen molar-refractivity contribution in [1.29, 1.82) is 0 Å². The number of carbonyl (C=O) groups is 1. The maximum absolute atomic E-state index is 12.5. The summed E-state index contributed by atoms with van der Waals surface area (Å²) in [6, 6.07) is 4.55. The van der Waals surface area contributed by atoms with Crippen LogP contribution >= 0.6 is 0 Å². The van der Waals surface area contributed by atoms with E-state index in [1.165, 1.54) is 23.5 Å². The number of benzene rings is 1. The first-order valence-corrected chi connectivity index (χ1v) is 8.63. The standard InChI is InChI=1S/C14H15F3N2O4S/c1-19-7-6-9-8-13(9,24(19,21)22)12(20)18-10-2-4-11(5-3-10)23-14(15,16)17/h2-5,9H,6-8H2,1H3,(H,18,20)/t9-,13-/m1/s1. The van der Waals surface area contributed by atoms with Gasteiger partial charge in [-0.2, -0.15) is 0 Å². The molecule has 1 amide bonds. The molecule has 3 rings (SSSR count). The molecule has 2 aliphatic rings. The van der Waals surface area contributed by atoms with Gasteiger partial charge in [0, 0.05) is 19.3 Å². The van der Waals surface area contributed by atoms with Crippen LogP contribution < -0.4 is 10.1 Å². The molecule has 132 valence electrons. The number of alkyl halides is 3. The summed E-state index contributed by atoms with van der Waals surface area (Å²) in [5.74, 6) is -1.29. The quantitative estimate of drug-likeness (QED) is 0.890. The van der Waals surface area contributed by atoms with Crippen LogP contribution in [0.1, 0.15) is 12.8 Å². The lowest BCUT2D eigenvalue weighted by atomic mass is 10.2. The minimum absolute atomic E-state index is 0.206. The molecule has 1 saturated heterocycles. The Morgan fingerprint density at radius 1 is 1.33 bits per heavy atom. The van der Waals surface area contributed by atoms with Crippen molar-refractivity contribution in [3.63, 3.8) is 0 Å². The minimum atomic E-state index is -4.80. The van der Waals surface area contributed by atoms with Gasteiger partial charge in [-0.25, -0.2) is 12.7 Å². The molecule has 2 fully saturated rings. The molecule has 10 heteroatoms. The number of nitrogens with one attached hydrogen (secondary N) is 1. The van der Waals surface area contributed by atoms with Crippen molar-refractivity contribution in [2.45, 2.75) is 24.0 Å². The number of halogens is 3. The van der Waals surface area contributed by atoms with Gasteiger partial charge in [-0.05, 0) is 43.0 Å². The Kier molecular flexibility index (Phi) is 3.79. The summed E-state index contributed by atoms with van der Waals surface area (Å²) in [7, 11) is -2.30. The summed E-state index contributed by atoms with van der Waals surface area (Å²) in [5.41, 5.74) is 0.206. The van der Waals surface area contributed by atoms with Gasteiger partial charge in [0.2, 0.25) is 15.9 Å². The minimum Gasteiger partial charge on any atom is -0.406 e. The molecule has 2 atom stereocenters. The van der Waals surface area contributed by atoms with Crippen molar-refractivity contribution >= 4 is 21.6 Å². The lowest BCUT2D eigenvalue weighted by Gasteiger charge is -2.28. The van der Waals surface area contributed by atoms with Crippen molar-refractivity contribution < 1.29 is 31.1 Å². The number of rotatable bonds is 3. The summed E-state index contributed by atoms with van der Waals surface area (Å²) in [6.45, 7) is 0.380. The summed E-state index contributed by atoms with van der Waals surface area (Å²) < 4.78 is 64.7. The number of sulfonamides is 1. The Morgan fingerprint density at radius 2 is 1.96 bits per heavy atom. The van der Waals surface area contributed by atoms with E-state index in [9.17, 15) is 26.4 Å². The van der Waals surface area contributed by atoms with Gasteiger partial charge >= 0.3 is 6.36 Å². The smallest absolute Gasteiger partial charge is 0.406 e. The maximum Gasteiger partial charge on any atom is 0.573 e. The van der Waals surface area contributed by atoms with Crippen LogP contribution in [-0.2, 0) is 14.8 Å². The molecule has 1 aromatic rings. The first-order chi connectivity index (χ1) is 11.1. The molecule has 24 heavy (non-hydrogen) atoms. The van der Waals surface area contributed by atoms with E-state index in [2.05, 4.69) is 10.1 Å². The second-order valence-corrected chi connectivity index (χ2v) is 8.23. The highest BCUT2D eigenvalue weighted by Crippen LogP contribution is 2.56. The van der Waals surface area contributed by atoms with Gasteiger partial charge in [-0.3, -0.25) is 4.79 Å². The molecule has 6 nitrogen and oxygen atoms in total. The van der Waals surface area contributed by atoms with Gasteiger partial charge in [-0.1, -0.05) is 0 Å². The molecule has 1 heterocycles. The van der Waals surface area contributed by atoms with Gasteiger partial charge in [0.25, 0.3) is 0 Å². The first kappa shape index (κ1) is 17.0. The summed E-state index contributed by atoms with van der Waals surface area (Å²) in [4.78, 5) is 12.5. The molecule has 1 N–H and O–H groups in total. The van der Waals surface area contributed by atoms with E-state index < -0.39 is 32.8 Å². The molecule has 0 radical (unpaired) electrons. The lowest BCUT2D eigenvalue weighted by molar-refractivity contribution is -0.274. The summed E-state index contributed by atoms with van der Waals surface area (Å²) in [5, 5.41) is 2.48. The molecule has 1 saturated carbocycles. The van der Waals surface area contributed by atoms with Crippen molar-refractivity contribution in [1.82, 2.24) is 4.31 Å². The first-order valence-electron chi connectivity index (χ1n) is 7.19. The fourth-order valence-corrected chi connectivity index (χ4v) is 5.20. The van der Waals surface area contributed by atoms with Crippen LogP contribution in [0.2, 0.25) is 0 Å². The number of anilines is 1. The summed E-state index contributed by atoms with van der Waals surface area (Å²) in [6.07, 6.45) is -3.92. The number of hydrogen-bond acceptors (Lipinski definition) is 4. The van der Waals surface area contributed by atoms with E-state index in [4.69, 9.17) is 0 Å². The highest BCUT2D eigenvalue weighted by molar-refractivity contribution is 7.91. The van der Waals surface area contributed by atoms with Gasteiger partial charge in [0.1, 0.15) is 5.75 Å². The number of ether oxygens (including phenoxy) is 1. The molecule has 1 aliphatic carbocycles. The largest absolute Gasteiger partial charge is 0.573 e. The zero-order chi connectivity index (χ0) is 17.8. The average Bonchev–Trinajstić information content (AvgIpc) is 3.21. The Bertz CT molecular complexity index is 763. The SMILES string of the molecule is CN1CC[C@@H]2C[C@@]2(C(=O)Nc2ccc(OC(F)(F)F)cc2)S1(=O)=O. The van der Waals surface area contributed by atoms with Crippen molar-refractivity contribution in [2.75, 3.05) is 18.9 Å². The molecule has 0 spiro atoms. The Hall–Kier alpha value is -1.81. The van der Waals surface area contributed by atoms with Crippen molar-refractivity contribution in [3.05, 3.63) is 24.3 Å². The highest BCUT2D eigenvalue weighted by atomic mass is 32.2. The number of hydrogen-bond donors (Lipinski definition) is 1. The fourth-order valence-electron chi connectivity index (χ4n) is 3.07. The summed E-state index contributed by atoms with van der Waals surface area (Å²) >= 11 is 0. The molecule has 0 unspecified atom stereocenters. The number of fused-ring (bicyclic) bond motifs is 1. The van der Waals surface area contributed by atoms with Crippen LogP contribution in [0.25, 0.3) is 0 Å². The third kappa shape index (κ3) is 2.73. The Balaban J connectivity index is 1.74. The van der Waals surface area contributed by atoms with E-state index in [1.54, 1.807) is 0 Å². The topological polar surface area (TPSA) is 75.7 Å². The Morgan fingerprint density at radius 3 is 2.54 bits per heavy atom. The molecule has 1 aromatic carbocycles. The third-order valence-electron chi connectivity index (χ3n) is 4.44. The van der Waals surface area contributed by atoms with E-state index in [-0.39, 0.29) is 18.0 Å². The predicted molar refractivity (Wildman–Crippen MR) is 78.8 cm³/mol. The predicted octanol–water partition coefficient (Wildman–Crippen LogP) is 1.95. The lowest BCUT2D eigenvalue weighted by Crippen LogP contribution is -2.50. The van der Waals surface area contributed by atoms with Gasteiger partial charge in [-0.15, -0.1) is 13.2 Å². The van der Waals surface area contributed by atoms with Crippen molar-refractivity contribution in [3.8, 4) is 5.75 Å². The third-order valence-corrected chi connectivity index (χ3v) is 7.05. The molecular weight excluding hydrogens is 349 g/mol. The zero-order valence-electron chi connectivity index (χ0n) is 12.6. The molecule has 1 aliphatic heterocycles. The molecule has 0 aromatic heterocycles. The van der Waals surface area contributed by atoms with Crippen LogP contribution in [-0.4, -0.2) is 43.3 Å². The molecular formula is C14H15F3N2O4S. The average molecular weight is 364 g/mol. The van der Waals surface area contributed by atoms with Crippen LogP contribution in [0.3, 0.4) is 0 Å². The fraction of sp³-hybridized carbons (Fsp3) is 0.500. The van der Waals surface area contributed by atoms with Gasteiger partial charge in [0.15, 0.2) is 4.75 Å². The second-order valence-electron chi connectivity index (χ2n) is 5.93. The van der Waals surface area contributed by atoms with Crippen LogP contribution in [0.4, 0.5) is 18.9 Å². The van der Waals surface area contributed by atoms with Crippen LogP contribution in [0, 0.1) is 5.92 Å². The van der Waals surface area contributed by atoms with Crippen LogP contribution in [0.15, 0.2) is 24.3 Å².